The third kappa shape index (κ3) is 3.92. The third-order valence-corrected chi connectivity index (χ3v) is 4.76. The number of nitrogens with one attached hydrogen (secondary N) is 1. The van der Waals surface area contributed by atoms with E-state index >= 15 is 0 Å². The molecule has 1 aliphatic heterocycles. The molecule has 2 aromatic rings. The van der Waals surface area contributed by atoms with Gasteiger partial charge in [-0.05, 0) is 49.6 Å². The van der Waals surface area contributed by atoms with Crippen LogP contribution < -0.4 is 5.32 Å². The van der Waals surface area contributed by atoms with Gasteiger partial charge in [0, 0.05) is 16.8 Å². The van der Waals surface area contributed by atoms with E-state index in [9.17, 15) is 4.79 Å². The minimum Gasteiger partial charge on any atom is -0.325 e. The van der Waals surface area contributed by atoms with Crippen molar-refractivity contribution in [2.75, 3.05) is 18.4 Å². The first-order chi connectivity index (χ1) is 11.1. The number of likely N-dealkylation sites (tertiary alicyclic amines) is 1. The van der Waals surface area contributed by atoms with Crippen molar-refractivity contribution in [2.24, 2.45) is 0 Å². The third-order valence-electron chi connectivity index (χ3n) is 4.35. The summed E-state index contributed by atoms with van der Waals surface area (Å²) < 4.78 is 0. The van der Waals surface area contributed by atoms with E-state index in [1.54, 1.807) is 6.07 Å². The van der Waals surface area contributed by atoms with E-state index in [2.05, 4.69) is 34.5 Å². The van der Waals surface area contributed by atoms with Gasteiger partial charge < -0.3 is 5.32 Å². The van der Waals surface area contributed by atoms with Gasteiger partial charge in [0.05, 0.1) is 6.54 Å². The number of anilines is 1. The topological polar surface area (TPSA) is 32.3 Å². The van der Waals surface area contributed by atoms with Crippen LogP contribution in [0.4, 0.5) is 5.69 Å². The van der Waals surface area contributed by atoms with Gasteiger partial charge in [-0.2, -0.15) is 0 Å². The molecular weight excluding hydrogens is 308 g/mol. The Kier molecular flexibility index (Phi) is 4.99. The highest BCUT2D eigenvalue weighted by molar-refractivity contribution is 6.31. The van der Waals surface area contributed by atoms with Crippen molar-refractivity contribution < 1.29 is 4.79 Å². The lowest BCUT2D eigenvalue weighted by atomic mass is 10.0. The van der Waals surface area contributed by atoms with E-state index in [1.807, 2.05) is 25.1 Å². The maximum Gasteiger partial charge on any atom is 0.238 e. The zero-order valence-corrected chi connectivity index (χ0v) is 14.0. The average Bonchev–Trinajstić information content (AvgIpc) is 3.00. The van der Waals surface area contributed by atoms with Crippen LogP contribution in [0.1, 0.15) is 30.0 Å². The van der Waals surface area contributed by atoms with E-state index in [0.29, 0.717) is 17.6 Å². The summed E-state index contributed by atoms with van der Waals surface area (Å²) >= 11 is 6.11. The molecule has 3 nitrogen and oxygen atoms in total. The predicted molar refractivity (Wildman–Crippen MR) is 94.8 cm³/mol. The summed E-state index contributed by atoms with van der Waals surface area (Å²) in [5.41, 5.74) is 3.05. The molecule has 0 aliphatic carbocycles. The van der Waals surface area contributed by atoms with Crippen LogP contribution in [0, 0.1) is 6.92 Å². The Morgan fingerprint density at radius 2 is 2.04 bits per heavy atom. The second-order valence-electron chi connectivity index (χ2n) is 6.05. The van der Waals surface area contributed by atoms with Crippen LogP contribution >= 0.6 is 11.6 Å². The summed E-state index contributed by atoms with van der Waals surface area (Å²) in [7, 11) is 0. The lowest BCUT2D eigenvalue weighted by molar-refractivity contribution is -0.117. The van der Waals surface area contributed by atoms with Crippen molar-refractivity contribution in [3.05, 3.63) is 64.7 Å². The summed E-state index contributed by atoms with van der Waals surface area (Å²) in [6.07, 6.45) is 2.23. The summed E-state index contributed by atoms with van der Waals surface area (Å²) in [5.74, 6) is 0.00718. The van der Waals surface area contributed by atoms with Gasteiger partial charge in [-0.1, -0.05) is 48.0 Å². The second kappa shape index (κ2) is 7.16. The van der Waals surface area contributed by atoms with E-state index in [0.717, 1.165) is 30.6 Å². The fourth-order valence-electron chi connectivity index (χ4n) is 3.12. The molecule has 3 rings (SSSR count). The SMILES string of the molecule is Cc1ccc(NC(=O)CN2CCCC2c2ccccc2)cc1Cl. The standard InChI is InChI=1S/C19H21ClN2O/c1-14-9-10-16(12-17(14)20)21-19(23)13-22-11-5-8-18(22)15-6-3-2-4-7-15/h2-4,6-7,9-10,12,18H,5,8,11,13H2,1H3,(H,21,23). The maximum atomic E-state index is 12.3. The maximum absolute atomic E-state index is 12.3. The fraction of sp³-hybridized carbons (Fsp3) is 0.316. The lowest BCUT2D eigenvalue weighted by Gasteiger charge is -2.24. The number of carbonyl (C=O) groups excluding carboxylic acids is 1. The molecule has 1 amide bonds. The number of nitrogens with zero attached hydrogens (tertiary/aromatic N) is 1. The Labute approximate surface area is 142 Å². The zero-order valence-electron chi connectivity index (χ0n) is 13.3. The molecule has 120 valence electrons. The molecule has 4 heteroatoms. The van der Waals surface area contributed by atoms with E-state index in [4.69, 9.17) is 11.6 Å². The molecule has 2 aromatic carbocycles. The van der Waals surface area contributed by atoms with Crippen LogP contribution in [0.2, 0.25) is 5.02 Å². The molecule has 1 fully saturated rings. The molecule has 1 N–H and O–H groups in total. The van der Waals surface area contributed by atoms with Gasteiger partial charge >= 0.3 is 0 Å². The number of benzene rings is 2. The quantitative estimate of drug-likeness (QED) is 0.900. The smallest absolute Gasteiger partial charge is 0.238 e. The van der Waals surface area contributed by atoms with Gasteiger partial charge in [-0.15, -0.1) is 0 Å². The normalized spacial score (nSPS) is 18.1. The molecule has 0 spiro atoms. The first-order valence-electron chi connectivity index (χ1n) is 7.98. The Morgan fingerprint density at radius 3 is 2.78 bits per heavy atom. The second-order valence-corrected chi connectivity index (χ2v) is 6.46. The molecule has 1 unspecified atom stereocenters. The van der Waals surface area contributed by atoms with Gasteiger partial charge in [-0.3, -0.25) is 9.69 Å². The van der Waals surface area contributed by atoms with Crippen molar-refractivity contribution in [2.45, 2.75) is 25.8 Å². The zero-order chi connectivity index (χ0) is 16.2. The van der Waals surface area contributed by atoms with Crippen LogP contribution in [0.3, 0.4) is 0 Å². The van der Waals surface area contributed by atoms with Crippen LogP contribution in [-0.2, 0) is 4.79 Å². The molecule has 0 radical (unpaired) electrons. The molecule has 1 saturated heterocycles. The Bertz CT molecular complexity index is 687. The van der Waals surface area contributed by atoms with E-state index in [1.165, 1.54) is 5.56 Å². The molecule has 0 aromatic heterocycles. The highest BCUT2D eigenvalue weighted by Crippen LogP contribution is 2.31. The minimum absolute atomic E-state index is 0.00718. The number of amides is 1. The molecular formula is C19H21ClN2O. The molecule has 1 atom stereocenters. The first-order valence-corrected chi connectivity index (χ1v) is 8.36. The number of hydrogen-bond acceptors (Lipinski definition) is 2. The van der Waals surface area contributed by atoms with Gasteiger partial charge in [-0.25, -0.2) is 0 Å². The van der Waals surface area contributed by atoms with Gasteiger partial charge in [0.15, 0.2) is 0 Å². The van der Waals surface area contributed by atoms with Gasteiger partial charge in [0.1, 0.15) is 0 Å². The van der Waals surface area contributed by atoms with Crippen molar-refractivity contribution in [1.82, 2.24) is 4.90 Å². The van der Waals surface area contributed by atoms with Crippen LogP contribution in [0.15, 0.2) is 48.5 Å². The average molecular weight is 329 g/mol. The number of halogens is 1. The van der Waals surface area contributed by atoms with Crippen LogP contribution in [-0.4, -0.2) is 23.9 Å². The molecule has 0 bridgehead atoms. The van der Waals surface area contributed by atoms with Crippen molar-refractivity contribution >= 4 is 23.2 Å². The Morgan fingerprint density at radius 1 is 1.26 bits per heavy atom. The van der Waals surface area contributed by atoms with Crippen molar-refractivity contribution in [1.29, 1.82) is 0 Å². The van der Waals surface area contributed by atoms with E-state index < -0.39 is 0 Å². The van der Waals surface area contributed by atoms with Gasteiger partial charge in [0.2, 0.25) is 5.91 Å². The van der Waals surface area contributed by atoms with Crippen molar-refractivity contribution in [3.8, 4) is 0 Å². The molecule has 1 aliphatic rings. The fourth-order valence-corrected chi connectivity index (χ4v) is 3.30. The minimum atomic E-state index is 0.00718. The van der Waals surface area contributed by atoms with Crippen LogP contribution in [0.5, 0.6) is 0 Å². The lowest BCUT2D eigenvalue weighted by Crippen LogP contribution is -2.32. The monoisotopic (exact) mass is 328 g/mol. The molecule has 23 heavy (non-hydrogen) atoms. The number of hydrogen-bond donors (Lipinski definition) is 1. The molecule has 0 saturated carbocycles. The number of carbonyl (C=O) groups is 1. The number of rotatable bonds is 4. The summed E-state index contributed by atoms with van der Waals surface area (Å²) in [6, 6.07) is 16.4. The predicted octanol–water partition coefficient (Wildman–Crippen LogP) is 4.42. The Hall–Kier alpha value is -1.84. The first kappa shape index (κ1) is 16.0. The Balaban J connectivity index is 1.64. The van der Waals surface area contributed by atoms with E-state index in [-0.39, 0.29) is 5.91 Å². The van der Waals surface area contributed by atoms with Crippen molar-refractivity contribution in [3.63, 3.8) is 0 Å². The summed E-state index contributed by atoms with van der Waals surface area (Å²) in [4.78, 5) is 14.6. The highest BCUT2D eigenvalue weighted by Gasteiger charge is 2.27. The van der Waals surface area contributed by atoms with Crippen LogP contribution in [0.25, 0.3) is 0 Å². The largest absolute Gasteiger partial charge is 0.325 e. The highest BCUT2D eigenvalue weighted by atomic mass is 35.5. The molecule has 1 heterocycles. The summed E-state index contributed by atoms with van der Waals surface area (Å²) in [5, 5.41) is 3.62. The number of aryl methyl sites for hydroxylation is 1. The van der Waals surface area contributed by atoms with Gasteiger partial charge in [0.25, 0.3) is 0 Å². The summed E-state index contributed by atoms with van der Waals surface area (Å²) in [6.45, 7) is 3.31.